The molecule has 3 rings (SSSR count). The van der Waals surface area contributed by atoms with Crippen LogP contribution >= 0.6 is 11.8 Å². The van der Waals surface area contributed by atoms with Crippen molar-refractivity contribution in [3.05, 3.63) is 71.0 Å². The van der Waals surface area contributed by atoms with Crippen LogP contribution in [-0.2, 0) is 10.5 Å². The van der Waals surface area contributed by atoms with Crippen molar-refractivity contribution in [2.24, 2.45) is 0 Å². The largest absolute Gasteiger partial charge is 0.343 e. The first-order valence-electron chi connectivity index (χ1n) is 8.75. The van der Waals surface area contributed by atoms with E-state index in [2.05, 4.69) is 25.8 Å². The number of anilines is 1. The topological polar surface area (TPSA) is 99.8 Å². The summed E-state index contributed by atoms with van der Waals surface area (Å²) in [6.45, 7) is 3.77. The quantitative estimate of drug-likeness (QED) is 0.534. The highest BCUT2D eigenvalue weighted by atomic mass is 32.2. The van der Waals surface area contributed by atoms with Gasteiger partial charge in [-0.2, -0.15) is 5.10 Å². The Morgan fingerprint density at radius 2 is 1.82 bits per heavy atom. The number of hydrogen-bond acceptors (Lipinski definition) is 5. The molecule has 28 heavy (non-hydrogen) atoms. The van der Waals surface area contributed by atoms with Crippen molar-refractivity contribution in [1.82, 2.24) is 20.5 Å². The van der Waals surface area contributed by atoms with Gasteiger partial charge < -0.3 is 10.6 Å². The van der Waals surface area contributed by atoms with Crippen LogP contribution in [0.4, 0.5) is 5.69 Å². The van der Waals surface area contributed by atoms with E-state index in [1.807, 2.05) is 44.2 Å². The summed E-state index contributed by atoms with van der Waals surface area (Å²) < 4.78 is 0. The minimum Gasteiger partial charge on any atom is -0.343 e. The molecule has 1 heterocycles. The Morgan fingerprint density at radius 1 is 1.07 bits per heavy atom. The van der Waals surface area contributed by atoms with Gasteiger partial charge in [-0.15, -0.1) is 0 Å². The SMILES string of the molecule is Cc1cccc(C)c1NC(=O)CNC(=O)c1ccccc1CSc1ncn[nH]1. The van der Waals surface area contributed by atoms with E-state index in [9.17, 15) is 9.59 Å². The lowest BCUT2D eigenvalue weighted by molar-refractivity contribution is -0.115. The highest BCUT2D eigenvalue weighted by Gasteiger charge is 2.14. The number of nitrogens with zero attached hydrogens (tertiary/aromatic N) is 2. The summed E-state index contributed by atoms with van der Waals surface area (Å²) in [7, 11) is 0. The van der Waals surface area contributed by atoms with E-state index in [1.54, 1.807) is 12.1 Å². The van der Waals surface area contributed by atoms with Crippen LogP contribution in [0.1, 0.15) is 27.0 Å². The third-order valence-electron chi connectivity index (χ3n) is 4.17. The third-order valence-corrected chi connectivity index (χ3v) is 5.10. The Balaban J connectivity index is 1.59. The fourth-order valence-electron chi connectivity index (χ4n) is 2.73. The Kier molecular flexibility index (Phi) is 6.44. The molecule has 7 nitrogen and oxygen atoms in total. The molecule has 0 radical (unpaired) electrons. The molecule has 3 N–H and O–H groups in total. The molecule has 0 saturated carbocycles. The number of carbonyl (C=O) groups excluding carboxylic acids is 2. The zero-order valence-electron chi connectivity index (χ0n) is 15.7. The number of aryl methyl sites for hydroxylation is 2. The number of amides is 2. The molecule has 3 aromatic rings. The number of benzene rings is 2. The number of aromatic amines is 1. The van der Waals surface area contributed by atoms with Crippen LogP contribution in [0.15, 0.2) is 53.9 Å². The van der Waals surface area contributed by atoms with Gasteiger partial charge in [-0.1, -0.05) is 48.2 Å². The molecule has 0 atom stereocenters. The van der Waals surface area contributed by atoms with Gasteiger partial charge in [-0.25, -0.2) is 4.98 Å². The molecule has 0 bridgehead atoms. The van der Waals surface area contributed by atoms with Crippen LogP contribution in [0.25, 0.3) is 0 Å². The van der Waals surface area contributed by atoms with Crippen molar-refractivity contribution in [2.45, 2.75) is 24.8 Å². The monoisotopic (exact) mass is 395 g/mol. The maximum atomic E-state index is 12.6. The first-order chi connectivity index (χ1) is 13.5. The fraction of sp³-hybridized carbons (Fsp3) is 0.200. The van der Waals surface area contributed by atoms with E-state index < -0.39 is 0 Å². The van der Waals surface area contributed by atoms with Gasteiger partial charge in [0.15, 0.2) is 5.16 Å². The molecule has 0 aliphatic rings. The first kappa shape index (κ1) is 19.6. The Bertz CT molecular complexity index is 952. The highest BCUT2D eigenvalue weighted by Crippen LogP contribution is 2.21. The summed E-state index contributed by atoms with van der Waals surface area (Å²) in [6, 6.07) is 13.1. The molecule has 2 aromatic carbocycles. The maximum Gasteiger partial charge on any atom is 0.252 e. The minimum atomic E-state index is -0.287. The second-order valence-electron chi connectivity index (χ2n) is 6.23. The molecule has 0 aliphatic carbocycles. The lowest BCUT2D eigenvalue weighted by Crippen LogP contribution is -2.33. The van der Waals surface area contributed by atoms with Crippen LogP contribution in [0.2, 0.25) is 0 Å². The third kappa shape index (κ3) is 4.98. The average molecular weight is 395 g/mol. The van der Waals surface area contributed by atoms with E-state index in [4.69, 9.17) is 0 Å². The second-order valence-corrected chi connectivity index (χ2v) is 7.20. The van der Waals surface area contributed by atoms with E-state index in [0.717, 1.165) is 22.4 Å². The maximum absolute atomic E-state index is 12.6. The summed E-state index contributed by atoms with van der Waals surface area (Å²) in [6.07, 6.45) is 1.44. The molecule has 144 valence electrons. The Hall–Kier alpha value is -3.13. The number of hydrogen-bond donors (Lipinski definition) is 3. The van der Waals surface area contributed by atoms with Crippen molar-refractivity contribution >= 4 is 29.3 Å². The van der Waals surface area contributed by atoms with Crippen LogP contribution in [0.5, 0.6) is 0 Å². The van der Waals surface area contributed by atoms with Crippen molar-refractivity contribution in [2.75, 3.05) is 11.9 Å². The molecular formula is C20H21N5O2S. The second kappa shape index (κ2) is 9.18. The van der Waals surface area contributed by atoms with Crippen molar-refractivity contribution < 1.29 is 9.59 Å². The normalized spacial score (nSPS) is 10.5. The van der Waals surface area contributed by atoms with E-state index in [-0.39, 0.29) is 18.4 Å². The summed E-state index contributed by atoms with van der Waals surface area (Å²) >= 11 is 1.45. The lowest BCUT2D eigenvalue weighted by atomic mass is 10.1. The predicted octanol–water partition coefficient (Wildman–Crippen LogP) is 3.08. The van der Waals surface area contributed by atoms with Gasteiger partial charge >= 0.3 is 0 Å². The van der Waals surface area contributed by atoms with Crippen molar-refractivity contribution in [3.8, 4) is 0 Å². The fourth-order valence-corrected chi connectivity index (χ4v) is 3.51. The number of nitrogens with one attached hydrogen (secondary N) is 3. The Labute approximate surface area is 167 Å². The molecule has 0 aliphatic heterocycles. The highest BCUT2D eigenvalue weighted by molar-refractivity contribution is 7.98. The van der Waals surface area contributed by atoms with Crippen LogP contribution < -0.4 is 10.6 Å². The van der Waals surface area contributed by atoms with Gasteiger partial charge in [0, 0.05) is 17.0 Å². The lowest BCUT2D eigenvalue weighted by Gasteiger charge is -2.13. The zero-order chi connectivity index (χ0) is 19.9. The number of carbonyl (C=O) groups is 2. The molecule has 0 spiro atoms. The van der Waals surface area contributed by atoms with Gasteiger partial charge in [0.25, 0.3) is 5.91 Å². The minimum absolute atomic E-state index is 0.101. The van der Waals surface area contributed by atoms with Crippen LogP contribution in [-0.4, -0.2) is 33.5 Å². The number of thioether (sulfide) groups is 1. The summed E-state index contributed by atoms with van der Waals surface area (Å²) in [4.78, 5) is 28.9. The molecular weight excluding hydrogens is 374 g/mol. The summed E-state index contributed by atoms with van der Waals surface area (Å²) in [5.74, 6) is 0.0117. The van der Waals surface area contributed by atoms with Gasteiger partial charge in [0.1, 0.15) is 6.33 Å². The Morgan fingerprint density at radius 3 is 2.54 bits per heavy atom. The van der Waals surface area contributed by atoms with Gasteiger partial charge in [0.2, 0.25) is 5.91 Å². The molecule has 0 saturated heterocycles. The number of aromatic nitrogens is 3. The van der Waals surface area contributed by atoms with Crippen molar-refractivity contribution in [1.29, 1.82) is 0 Å². The van der Waals surface area contributed by atoms with Gasteiger partial charge in [-0.05, 0) is 36.6 Å². The average Bonchev–Trinajstić information content (AvgIpc) is 3.21. The van der Waals surface area contributed by atoms with E-state index >= 15 is 0 Å². The standard InChI is InChI=1S/C20H21N5O2S/c1-13-6-5-7-14(2)18(13)24-17(26)10-21-19(27)16-9-4-3-8-15(16)11-28-20-22-12-23-25-20/h3-9,12H,10-11H2,1-2H3,(H,21,27)(H,24,26)(H,22,23,25). The number of H-pyrrole nitrogens is 1. The smallest absolute Gasteiger partial charge is 0.252 e. The van der Waals surface area contributed by atoms with Crippen LogP contribution in [0.3, 0.4) is 0 Å². The van der Waals surface area contributed by atoms with Crippen molar-refractivity contribution in [3.63, 3.8) is 0 Å². The van der Waals surface area contributed by atoms with E-state index in [1.165, 1.54) is 18.1 Å². The zero-order valence-corrected chi connectivity index (χ0v) is 16.5. The number of rotatable bonds is 7. The van der Waals surface area contributed by atoms with Gasteiger partial charge in [0.05, 0.1) is 6.54 Å². The molecule has 0 unspecified atom stereocenters. The van der Waals surface area contributed by atoms with Gasteiger partial charge in [-0.3, -0.25) is 14.7 Å². The first-order valence-corrected chi connectivity index (χ1v) is 9.73. The van der Waals surface area contributed by atoms with Crippen LogP contribution in [0, 0.1) is 13.8 Å². The summed E-state index contributed by atoms with van der Waals surface area (Å²) in [5, 5.41) is 12.8. The van der Waals surface area contributed by atoms with E-state index in [0.29, 0.717) is 16.5 Å². The molecule has 1 aromatic heterocycles. The molecule has 8 heteroatoms. The summed E-state index contributed by atoms with van der Waals surface area (Å²) in [5.41, 5.74) is 4.14. The number of para-hydroxylation sites is 1. The molecule has 2 amide bonds. The predicted molar refractivity (Wildman–Crippen MR) is 109 cm³/mol. The molecule has 0 fully saturated rings.